The molecule has 9 heteroatoms. The monoisotopic (exact) mass is 398 g/mol. The summed E-state index contributed by atoms with van der Waals surface area (Å²) in [5.41, 5.74) is -0.351. The van der Waals surface area contributed by atoms with Crippen molar-refractivity contribution < 1.29 is 13.2 Å². The highest BCUT2D eigenvalue weighted by Crippen LogP contribution is 2.38. The molecular weight excluding hydrogens is 381 g/mol. The Kier molecular flexibility index (Phi) is 4.74. The quantitative estimate of drug-likeness (QED) is 0.488. The van der Waals surface area contributed by atoms with Gasteiger partial charge in [0.2, 0.25) is 5.78 Å². The lowest BCUT2D eigenvalue weighted by Gasteiger charge is -2.28. The predicted octanol–water partition coefficient (Wildman–Crippen LogP) is 5.14. The number of fused-ring (bicyclic) bond motifs is 1. The summed E-state index contributed by atoms with van der Waals surface area (Å²) >= 11 is 6.43. The van der Waals surface area contributed by atoms with Crippen molar-refractivity contribution in [2.45, 2.75) is 32.2 Å². The van der Waals surface area contributed by atoms with E-state index in [2.05, 4.69) is 34.9 Å². The maximum atomic E-state index is 14.4. The van der Waals surface area contributed by atoms with Gasteiger partial charge in [0.25, 0.3) is 0 Å². The third-order valence-electron chi connectivity index (χ3n) is 4.40. The molecule has 2 aromatic heterocycles. The molecule has 0 saturated heterocycles. The maximum absolute atomic E-state index is 14.4. The Bertz CT molecular complexity index is 961. The zero-order valence-corrected chi connectivity index (χ0v) is 16.5. The molecule has 0 aliphatic heterocycles. The first-order chi connectivity index (χ1) is 12.1. The molecule has 1 unspecified atom stereocenters. The Morgan fingerprint density at radius 1 is 1.12 bits per heavy atom. The van der Waals surface area contributed by atoms with Crippen molar-refractivity contribution in [2.75, 3.05) is 5.32 Å². The second-order valence-electron chi connectivity index (χ2n) is 7.20. The number of aromatic nitrogens is 3. The van der Waals surface area contributed by atoms with Gasteiger partial charge in [-0.15, -0.1) is 0 Å². The minimum Gasteiger partial charge on any atom is -0.370 e. The van der Waals surface area contributed by atoms with E-state index in [4.69, 9.17) is 11.6 Å². The first kappa shape index (κ1) is 18.7. The van der Waals surface area contributed by atoms with Crippen LogP contribution >= 0.6 is 11.6 Å². The summed E-state index contributed by atoms with van der Waals surface area (Å²) in [6, 6.07) is 1.25. The van der Waals surface area contributed by atoms with Crippen molar-refractivity contribution in [3.8, 4) is 11.1 Å². The van der Waals surface area contributed by atoms with E-state index in [1.54, 1.807) is 6.20 Å². The summed E-state index contributed by atoms with van der Waals surface area (Å²) in [7, 11) is -1.64. The molecule has 0 amide bonds. The second kappa shape index (κ2) is 6.59. The van der Waals surface area contributed by atoms with Gasteiger partial charge in [-0.1, -0.05) is 31.2 Å². The third kappa shape index (κ3) is 3.31. The minimum atomic E-state index is -1.64. The molecule has 26 heavy (non-hydrogen) atoms. The molecule has 0 radical (unpaired) electrons. The van der Waals surface area contributed by atoms with E-state index in [0.717, 1.165) is 0 Å². The molecule has 0 bridgehead atoms. The molecule has 0 spiro atoms. The normalized spacial score (nSPS) is 13.2. The first-order valence-corrected chi connectivity index (χ1v) is 12.0. The first-order valence-electron chi connectivity index (χ1n) is 8.03. The van der Waals surface area contributed by atoms with Crippen LogP contribution in [0.25, 0.3) is 16.9 Å². The second-order valence-corrected chi connectivity index (χ2v) is 13.2. The number of halogens is 4. The van der Waals surface area contributed by atoms with E-state index in [9.17, 15) is 13.2 Å². The van der Waals surface area contributed by atoms with Crippen LogP contribution in [0.1, 0.15) is 6.92 Å². The number of nitrogens with one attached hydrogen (secondary N) is 1. The van der Waals surface area contributed by atoms with Crippen LogP contribution in [-0.2, 0) is 0 Å². The summed E-state index contributed by atoms with van der Waals surface area (Å²) < 4.78 is 43.6. The molecular formula is C17H18ClF3N4Si. The van der Waals surface area contributed by atoms with E-state index in [1.165, 1.54) is 10.6 Å². The molecule has 0 fully saturated rings. The smallest absolute Gasteiger partial charge is 0.236 e. The van der Waals surface area contributed by atoms with Gasteiger partial charge in [0.1, 0.15) is 28.4 Å². The van der Waals surface area contributed by atoms with E-state index in [0.29, 0.717) is 17.9 Å². The van der Waals surface area contributed by atoms with Crippen LogP contribution < -0.4 is 5.32 Å². The molecule has 3 rings (SSSR count). The van der Waals surface area contributed by atoms with Crippen molar-refractivity contribution in [3.63, 3.8) is 0 Å². The van der Waals surface area contributed by atoms with Crippen LogP contribution in [-0.4, -0.2) is 28.1 Å². The molecule has 0 saturated carbocycles. The zero-order chi connectivity index (χ0) is 19.2. The molecule has 0 aliphatic carbocycles. The lowest BCUT2D eigenvalue weighted by Crippen LogP contribution is -2.41. The Morgan fingerprint density at radius 2 is 1.73 bits per heavy atom. The molecule has 1 N–H and O–H groups in total. The number of anilines is 1. The lowest BCUT2D eigenvalue weighted by molar-refractivity contribution is 0.548. The number of nitrogens with zero attached hydrogens (tertiary/aromatic N) is 3. The molecule has 1 aromatic carbocycles. The van der Waals surface area contributed by atoms with E-state index >= 15 is 0 Å². The zero-order valence-electron chi connectivity index (χ0n) is 14.7. The van der Waals surface area contributed by atoms with E-state index in [1.807, 2.05) is 6.92 Å². The minimum absolute atomic E-state index is 0.0359. The molecule has 4 nitrogen and oxygen atoms in total. The summed E-state index contributed by atoms with van der Waals surface area (Å²) in [6.45, 7) is 8.44. The van der Waals surface area contributed by atoms with Crippen LogP contribution in [0.2, 0.25) is 24.8 Å². The summed E-state index contributed by atoms with van der Waals surface area (Å²) in [5.74, 6) is -2.58. The Balaban J connectivity index is 2.29. The van der Waals surface area contributed by atoms with Crippen LogP contribution in [0.5, 0.6) is 0 Å². The highest BCUT2D eigenvalue weighted by atomic mass is 35.5. The van der Waals surface area contributed by atoms with Gasteiger partial charge in [-0.05, 0) is 6.92 Å². The predicted molar refractivity (Wildman–Crippen MR) is 99.7 cm³/mol. The molecule has 3 aromatic rings. The van der Waals surface area contributed by atoms with Crippen LogP contribution in [0, 0.1) is 17.5 Å². The van der Waals surface area contributed by atoms with Crippen molar-refractivity contribution in [3.05, 3.63) is 47.1 Å². The maximum Gasteiger partial charge on any atom is 0.236 e. The average Bonchev–Trinajstić information content (AvgIpc) is 2.96. The van der Waals surface area contributed by atoms with Gasteiger partial charge in [-0.3, -0.25) is 4.40 Å². The van der Waals surface area contributed by atoms with Crippen LogP contribution in [0.15, 0.2) is 24.5 Å². The number of benzene rings is 1. The Hall–Kier alpha value is -2.06. The van der Waals surface area contributed by atoms with Gasteiger partial charge >= 0.3 is 0 Å². The highest BCUT2D eigenvalue weighted by molar-refractivity contribution is 6.78. The Morgan fingerprint density at radius 3 is 2.31 bits per heavy atom. The number of hydrogen-bond donors (Lipinski definition) is 1. The van der Waals surface area contributed by atoms with Crippen LogP contribution in [0.3, 0.4) is 0 Å². The van der Waals surface area contributed by atoms with Crippen molar-refractivity contribution in [1.82, 2.24) is 14.4 Å². The number of imidazole rings is 1. The van der Waals surface area contributed by atoms with Crippen molar-refractivity contribution in [1.29, 1.82) is 0 Å². The Labute approximate surface area is 155 Å². The summed E-state index contributed by atoms with van der Waals surface area (Å²) in [4.78, 5) is 8.48. The molecule has 1 atom stereocenters. The third-order valence-corrected chi connectivity index (χ3v) is 7.51. The average molecular weight is 399 g/mol. The lowest BCUT2D eigenvalue weighted by atomic mass is 10.1. The molecule has 0 aliphatic rings. The van der Waals surface area contributed by atoms with Gasteiger partial charge in [0.15, 0.2) is 0 Å². The van der Waals surface area contributed by atoms with Gasteiger partial charge in [0.05, 0.1) is 19.2 Å². The summed E-state index contributed by atoms with van der Waals surface area (Å²) in [5, 5.41) is 3.27. The fraction of sp³-hybridized carbons (Fsp3) is 0.294. The van der Waals surface area contributed by atoms with Crippen molar-refractivity contribution >= 4 is 31.3 Å². The molecule has 2 heterocycles. The largest absolute Gasteiger partial charge is 0.370 e. The van der Waals surface area contributed by atoms with Crippen LogP contribution in [0.4, 0.5) is 19.0 Å². The van der Waals surface area contributed by atoms with E-state index in [-0.39, 0.29) is 22.2 Å². The highest BCUT2D eigenvalue weighted by Gasteiger charge is 2.27. The molecule has 138 valence electrons. The number of hydrogen-bond acceptors (Lipinski definition) is 3. The SMILES string of the molecule is CC(Nc1nc2nccn2c(Cl)c1-c1c(F)cc(F)cc1F)[Si](C)(C)C. The standard InChI is InChI=1S/C17H18ClF3N4Si/c1-9(26(2,3)4)23-16-14(13-11(20)7-10(19)8-12(13)21)15(18)25-6-5-22-17(25)24-16/h5-9H,1-4H3,(H,22,23,24). The van der Waals surface area contributed by atoms with Gasteiger partial charge < -0.3 is 5.32 Å². The topological polar surface area (TPSA) is 42.2 Å². The fourth-order valence-electron chi connectivity index (χ4n) is 2.43. The van der Waals surface area contributed by atoms with Gasteiger partial charge in [-0.25, -0.2) is 18.2 Å². The van der Waals surface area contributed by atoms with Crippen molar-refractivity contribution in [2.24, 2.45) is 0 Å². The fourth-order valence-corrected chi connectivity index (χ4v) is 3.32. The van der Waals surface area contributed by atoms with E-state index < -0.39 is 31.1 Å². The van der Waals surface area contributed by atoms with Gasteiger partial charge in [0, 0.05) is 30.2 Å². The van der Waals surface area contributed by atoms with Gasteiger partial charge in [-0.2, -0.15) is 4.98 Å². The number of rotatable bonds is 4. The summed E-state index contributed by atoms with van der Waals surface area (Å²) in [6.07, 6.45) is 3.03.